The predicted octanol–water partition coefficient (Wildman–Crippen LogP) is 0.866. The van der Waals surface area contributed by atoms with Gasteiger partial charge >= 0.3 is 0 Å². The van der Waals surface area contributed by atoms with Crippen molar-refractivity contribution in [2.75, 3.05) is 19.6 Å². The fourth-order valence-corrected chi connectivity index (χ4v) is 1.64. The molecule has 0 aliphatic rings. The summed E-state index contributed by atoms with van der Waals surface area (Å²) in [7, 11) is 0. The van der Waals surface area contributed by atoms with E-state index in [1.54, 1.807) is 0 Å². The van der Waals surface area contributed by atoms with Crippen LogP contribution in [0.15, 0.2) is 0 Å². The Balaban J connectivity index is 3.86. The van der Waals surface area contributed by atoms with Crippen molar-refractivity contribution < 1.29 is 4.79 Å². The first-order valence-corrected chi connectivity index (χ1v) is 6.37. The van der Waals surface area contributed by atoms with Gasteiger partial charge in [-0.15, -0.1) is 0 Å². The van der Waals surface area contributed by atoms with Gasteiger partial charge in [0.15, 0.2) is 0 Å². The minimum absolute atomic E-state index is 0.0787. The Bertz CT molecular complexity index is 181. The Hall–Kier alpha value is -0.610. The average molecular weight is 229 g/mol. The van der Waals surface area contributed by atoms with Crippen LogP contribution < -0.4 is 16.4 Å². The normalized spacial score (nSPS) is 12.8. The van der Waals surface area contributed by atoms with E-state index in [9.17, 15) is 4.79 Å². The molecule has 0 saturated carbocycles. The third kappa shape index (κ3) is 6.80. The van der Waals surface area contributed by atoms with Crippen molar-refractivity contribution >= 4 is 5.91 Å². The van der Waals surface area contributed by atoms with E-state index < -0.39 is 0 Å². The quantitative estimate of drug-likeness (QED) is 0.549. The summed E-state index contributed by atoms with van der Waals surface area (Å²) in [5.74, 6) is 0.762. The maximum Gasteiger partial charge on any atom is 0.221 e. The zero-order valence-electron chi connectivity index (χ0n) is 10.9. The second-order valence-corrected chi connectivity index (χ2v) is 4.18. The number of rotatable bonds is 9. The van der Waals surface area contributed by atoms with Gasteiger partial charge in [0.2, 0.25) is 5.91 Å². The lowest BCUT2D eigenvalue weighted by Gasteiger charge is -2.20. The number of hydrogen-bond donors (Lipinski definition) is 3. The van der Waals surface area contributed by atoms with Crippen molar-refractivity contribution in [1.82, 2.24) is 10.6 Å². The van der Waals surface area contributed by atoms with Gasteiger partial charge in [-0.2, -0.15) is 0 Å². The molecule has 4 N–H and O–H groups in total. The molecular formula is C12H27N3O. The molecule has 0 saturated heterocycles. The molecule has 1 amide bonds. The van der Waals surface area contributed by atoms with Crippen LogP contribution in [0.25, 0.3) is 0 Å². The van der Waals surface area contributed by atoms with Crippen LogP contribution in [-0.2, 0) is 4.79 Å². The SMILES string of the molecule is CCNC(=O)CC(CN)NCC(CC)CC. The first-order valence-electron chi connectivity index (χ1n) is 6.37. The maximum atomic E-state index is 11.4. The van der Waals surface area contributed by atoms with E-state index in [0.29, 0.717) is 25.4 Å². The maximum absolute atomic E-state index is 11.4. The number of carbonyl (C=O) groups is 1. The number of amides is 1. The lowest BCUT2D eigenvalue weighted by Crippen LogP contribution is -2.42. The smallest absolute Gasteiger partial charge is 0.221 e. The van der Waals surface area contributed by atoms with Gasteiger partial charge in [-0.25, -0.2) is 0 Å². The molecule has 4 nitrogen and oxygen atoms in total. The van der Waals surface area contributed by atoms with Gasteiger partial charge in [0.05, 0.1) is 0 Å². The van der Waals surface area contributed by atoms with Crippen LogP contribution in [0.2, 0.25) is 0 Å². The van der Waals surface area contributed by atoms with Gasteiger partial charge in [-0.1, -0.05) is 26.7 Å². The van der Waals surface area contributed by atoms with Crippen LogP contribution in [0.5, 0.6) is 0 Å². The van der Waals surface area contributed by atoms with Gasteiger partial charge in [0, 0.05) is 25.6 Å². The molecule has 96 valence electrons. The zero-order valence-corrected chi connectivity index (χ0v) is 10.9. The number of nitrogens with one attached hydrogen (secondary N) is 2. The molecule has 0 aromatic carbocycles. The third-order valence-corrected chi connectivity index (χ3v) is 2.94. The molecule has 16 heavy (non-hydrogen) atoms. The molecule has 4 heteroatoms. The number of nitrogens with two attached hydrogens (primary N) is 1. The van der Waals surface area contributed by atoms with E-state index in [-0.39, 0.29) is 11.9 Å². The summed E-state index contributed by atoms with van der Waals surface area (Å²) in [5.41, 5.74) is 5.64. The van der Waals surface area contributed by atoms with Crippen molar-refractivity contribution in [2.45, 2.75) is 46.1 Å². The second kappa shape index (κ2) is 9.60. The fourth-order valence-electron chi connectivity index (χ4n) is 1.64. The van der Waals surface area contributed by atoms with E-state index in [1.807, 2.05) is 6.92 Å². The largest absolute Gasteiger partial charge is 0.356 e. The number of hydrogen-bond acceptors (Lipinski definition) is 3. The molecule has 1 unspecified atom stereocenters. The van der Waals surface area contributed by atoms with Crippen LogP contribution >= 0.6 is 0 Å². The summed E-state index contributed by atoms with van der Waals surface area (Å²) in [4.78, 5) is 11.4. The van der Waals surface area contributed by atoms with Gasteiger partial charge in [0.25, 0.3) is 0 Å². The van der Waals surface area contributed by atoms with Crippen LogP contribution in [-0.4, -0.2) is 31.6 Å². The third-order valence-electron chi connectivity index (χ3n) is 2.94. The number of carbonyl (C=O) groups excluding carboxylic acids is 1. The van der Waals surface area contributed by atoms with Gasteiger partial charge < -0.3 is 16.4 Å². The predicted molar refractivity (Wildman–Crippen MR) is 68.2 cm³/mol. The molecule has 0 rings (SSSR count). The molecule has 0 heterocycles. The Morgan fingerprint density at radius 2 is 1.88 bits per heavy atom. The average Bonchev–Trinajstić information content (AvgIpc) is 2.29. The molecule has 0 bridgehead atoms. The summed E-state index contributed by atoms with van der Waals surface area (Å²) in [6.45, 7) is 8.45. The van der Waals surface area contributed by atoms with E-state index in [1.165, 1.54) is 12.8 Å². The molecule has 0 radical (unpaired) electrons. The highest BCUT2D eigenvalue weighted by atomic mass is 16.1. The summed E-state index contributed by atoms with van der Waals surface area (Å²) < 4.78 is 0. The van der Waals surface area contributed by atoms with Crippen molar-refractivity contribution in [1.29, 1.82) is 0 Å². The van der Waals surface area contributed by atoms with E-state index >= 15 is 0 Å². The van der Waals surface area contributed by atoms with Gasteiger partial charge in [-0.3, -0.25) is 4.79 Å². The zero-order chi connectivity index (χ0) is 12.4. The lowest BCUT2D eigenvalue weighted by molar-refractivity contribution is -0.121. The topological polar surface area (TPSA) is 67.2 Å². The van der Waals surface area contributed by atoms with Crippen LogP contribution in [0.1, 0.15) is 40.0 Å². The minimum Gasteiger partial charge on any atom is -0.356 e. The van der Waals surface area contributed by atoms with Crippen molar-refractivity contribution in [3.63, 3.8) is 0 Å². The fraction of sp³-hybridized carbons (Fsp3) is 0.917. The molecule has 0 aliphatic heterocycles. The van der Waals surface area contributed by atoms with E-state index in [2.05, 4.69) is 24.5 Å². The summed E-state index contributed by atoms with van der Waals surface area (Å²) in [5, 5.41) is 6.17. The molecule has 0 aliphatic carbocycles. The van der Waals surface area contributed by atoms with E-state index in [0.717, 1.165) is 6.54 Å². The lowest BCUT2D eigenvalue weighted by atomic mass is 10.0. The molecule has 0 aromatic rings. The Morgan fingerprint density at radius 3 is 2.31 bits per heavy atom. The highest BCUT2D eigenvalue weighted by molar-refractivity contribution is 5.76. The Labute approximate surface area is 99.4 Å². The van der Waals surface area contributed by atoms with Crippen LogP contribution in [0, 0.1) is 5.92 Å². The first kappa shape index (κ1) is 15.4. The molecule has 1 atom stereocenters. The Kier molecular flexibility index (Phi) is 9.24. The van der Waals surface area contributed by atoms with Crippen molar-refractivity contribution in [2.24, 2.45) is 11.7 Å². The van der Waals surface area contributed by atoms with Crippen LogP contribution in [0.3, 0.4) is 0 Å². The van der Waals surface area contributed by atoms with E-state index in [4.69, 9.17) is 5.73 Å². The van der Waals surface area contributed by atoms with Gasteiger partial charge in [-0.05, 0) is 19.4 Å². The minimum atomic E-state index is 0.0787. The standard InChI is InChI=1S/C12H27N3O/c1-4-10(5-2)9-15-11(8-13)7-12(16)14-6-3/h10-11,15H,4-9,13H2,1-3H3,(H,14,16). The summed E-state index contributed by atoms with van der Waals surface area (Å²) in [6.07, 6.45) is 2.81. The molecule has 0 fully saturated rings. The first-order chi connectivity index (χ1) is 7.67. The summed E-state index contributed by atoms with van der Waals surface area (Å²) in [6, 6.07) is 0.104. The second-order valence-electron chi connectivity index (χ2n) is 4.18. The van der Waals surface area contributed by atoms with Crippen LogP contribution in [0.4, 0.5) is 0 Å². The summed E-state index contributed by atoms with van der Waals surface area (Å²) >= 11 is 0. The monoisotopic (exact) mass is 229 g/mol. The van der Waals surface area contributed by atoms with Crippen molar-refractivity contribution in [3.8, 4) is 0 Å². The Morgan fingerprint density at radius 1 is 1.25 bits per heavy atom. The van der Waals surface area contributed by atoms with Gasteiger partial charge in [0.1, 0.15) is 0 Å². The molecular weight excluding hydrogens is 202 g/mol. The highest BCUT2D eigenvalue weighted by Gasteiger charge is 2.12. The molecule has 0 spiro atoms. The molecule has 0 aromatic heterocycles. The van der Waals surface area contributed by atoms with Crippen molar-refractivity contribution in [3.05, 3.63) is 0 Å². The highest BCUT2D eigenvalue weighted by Crippen LogP contribution is 2.06.